The van der Waals surface area contributed by atoms with Gasteiger partial charge in [-0.3, -0.25) is 9.79 Å². The minimum Gasteiger partial charge on any atom is -0.490 e. The molecule has 1 N–H and O–H groups in total. The van der Waals surface area contributed by atoms with E-state index in [4.69, 9.17) is 14.5 Å². The molecule has 158 valence electrons. The van der Waals surface area contributed by atoms with Crippen molar-refractivity contribution in [2.24, 2.45) is 4.99 Å². The highest BCUT2D eigenvalue weighted by atomic mass is 127. The minimum absolute atomic E-state index is 0.112. The van der Waals surface area contributed by atoms with E-state index in [1.165, 1.54) is 0 Å². The first-order chi connectivity index (χ1) is 15.1. The molecule has 0 fully saturated rings. The van der Waals surface area contributed by atoms with Crippen molar-refractivity contribution in [3.05, 3.63) is 81.4 Å². The van der Waals surface area contributed by atoms with Crippen LogP contribution in [0.4, 0.5) is 11.4 Å². The molecule has 1 amide bonds. The van der Waals surface area contributed by atoms with Gasteiger partial charge >= 0.3 is 0 Å². The number of nitrogens with zero attached hydrogens (tertiary/aromatic N) is 1. The molecule has 6 heteroatoms. The van der Waals surface area contributed by atoms with Gasteiger partial charge in [0.2, 0.25) is 5.91 Å². The third-order valence-corrected chi connectivity index (χ3v) is 5.68. The monoisotopic (exact) mass is 526 g/mol. The average Bonchev–Trinajstić information content (AvgIpc) is 3.09. The number of rotatable bonds is 7. The molecule has 1 aliphatic heterocycles. The number of anilines is 1. The van der Waals surface area contributed by atoms with E-state index in [2.05, 4.69) is 27.9 Å². The van der Waals surface area contributed by atoms with Crippen LogP contribution >= 0.6 is 22.6 Å². The summed E-state index contributed by atoms with van der Waals surface area (Å²) in [6.45, 7) is 4.87. The lowest BCUT2D eigenvalue weighted by atomic mass is 9.90. The second-order valence-electron chi connectivity index (χ2n) is 7.01. The summed E-state index contributed by atoms with van der Waals surface area (Å²) in [6, 6.07) is 21.5. The summed E-state index contributed by atoms with van der Waals surface area (Å²) in [5.74, 6) is 0.594. The lowest BCUT2D eigenvalue weighted by Gasteiger charge is -2.16. The van der Waals surface area contributed by atoms with Crippen molar-refractivity contribution in [1.82, 2.24) is 0 Å². The minimum atomic E-state index is -0.549. The van der Waals surface area contributed by atoms with E-state index < -0.39 is 5.92 Å². The first-order valence-corrected chi connectivity index (χ1v) is 11.3. The number of nitrogens with one attached hydrogen (secondary N) is 1. The zero-order valence-electron chi connectivity index (χ0n) is 17.4. The molecular formula is C25H23IN2O3. The van der Waals surface area contributed by atoms with E-state index in [1.807, 2.05) is 80.6 Å². The van der Waals surface area contributed by atoms with Crippen LogP contribution in [-0.2, 0) is 4.79 Å². The Morgan fingerprint density at radius 3 is 2.26 bits per heavy atom. The molecule has 1 aliphatic rings. The SMILES string of the molecule is CCOc1cc2c(cc1OCC)C(C(=Nc1ccc(I)cc1)c1ccccc1)C(=O)N2. The van der Waals surface area contributed by atoms with Gasteiger partial charge in [0.05, 0.1) is 24.6 Å². The molecule has 3 aromatic rings. The first kappa shape index (κ1) is 21.4. The smallest absolute Gasteiger partial charge is 0.238 e. The van der Waals surface area contributed by atoms with Gasteiger partial charge in [-0.2, -0.15) is 0 Å². The zero-order chi connectivity index (χ0) is 21.8. The summed E-state index contributed by atoms with van der Waals surface area (Å²) in [5, 5.41) is 3.00. The van der Waals surface area contributed by atoms with Crippen LogP contribution in [0.25, 0.3) is 0 Å². The lowest BCUT2D eigenvalue weighted by Crippen LogP contribution is -2.22. The number of carbonyl (C=O) groups is 1. The Labute approximate surface area is 195 Å². The van der Waals surface area contributed by atoms with Gasteiger partial charge in [-0.1, -0.05) is 30.3 Å². The summed E-state index contributed by atoms with van der Waals surface area (Å²) >= 11 is 2.27. The van der Waals surface area contributed by atoms with Crippen molar-refractivity contribution in [2.75, 3.05) is 18.5 Å². The number of hydrogen-bond donors (Lipinski definition) is 1. The predicted octanol–water partition coefficient (Wildman–Crippen LogP) is 5.95. The summed E-state index contributed by atoms with van der Waals surface area (Å²) < 4.78 is 12.7. The molecule has 0 aromatic heterocycles. The highest BCUT2D eigenvalue weighted by Gasteiger charge is 2.36. The summed E-state index contributed by atoms with van der Waals surface area (Å²) in [4.78, 5) is 18.1. The van der Waals surface area contributed by atoms with Crippen LogP contribution in [0, 0.1) is 3.57 Å². The van der Waals surface area contributed by atoms with Gasteiger partial charge in [0, 0.05) is 15.3 Å². The Kier molecular flexibility index (Phi) is 6.56. The molecule has 1 unspecified atom stereocenters. The molecule has 3 aromatic carbocycles. The van der Waals surface area contributed by atoms with Gasteiger partial charge in [-0.05, 0) is 77.9 Å². The van der Waals surface area contributed by atoms with Gasteiger partial charge in [0.15, 0.2) is 11.5 Å². The molecule has 0 radical (unpaired) electrons. The van der Waals surface area contributed by atoms with Crippen LogP contribution in [0.1, 0.15) is 30.9 Å². The van der Waals surface area contributed by atoms with Gasteiger partial charge in [-0.25, -0.2) is 0 Å². The lowest BCUT2D eigenvalue weighted by molar-refractivity contribution is -0.115. The fourth-order valence-corrected chi connectivity index (χ4v) is 4.00. The predicted molar refractivity (Wildman–Crippen MR) is 132 cm³/mol. The van der Waals surface area contributed by atoms with E-state index in [1.54, 1.807) is 0 Å². The highest BCUT2D eigenvalue weighted by Crippen LogP contribution is 2.43. The van der Waals surface area contributed by atoms with E-state index in [0.29, 0.717) is 30.4 Å². The summed E-state index contributed by atoms with van der Waals surface area (Å²) in [7, 11) is 0. The topological polar surface area (TPSA) is 59.9 Å². The molecule has 1 heterocycles. The largest absolute Gasteiger partial charge is 0.490 e. The van der Waals surface area contributed by atoms with Crippen LogP contribution < -0.4 is 14.8 Å². The van der Waals surface area contributed by atoms with E-state index in [0.717, 1.165) is 26.1 Å². The number of ether oxygens (including phenoxy) is 2. The fourth-order valence-electron chi connectivity index (χ4n) is 3.64. The van der Waals surface area contributed by atoms with Crippen LogP contribution in [0.3, 0.4) is 0 Å². The van der Waals surface area contributed by atoms with Gasteiger partial charge in [0.25, 0.3) is 0 Å². The molecule has 0 bridgehead atoms. The van der Waals surface area contributed by atoms with Crippen LogP contribution in [0.15, 0.2) is 71.7 Å². The van der Waals surface area contributed by atoms with E-state index >= 15 is 0 Å². The average molecular weight is 526 g/mol. The Morgan fingerprint density at radius 1 is 0.968 bits per heavy atom. The highest BCUT2D eigenvalue weighted by molar-refractivity contribution is 14.1. The maximum Gasteiger partial charge on any atom is 0.238 e. The second-order valence-corrected chi connectivity index (χ2v) is 8.26. The third kappa shape index (κ3) is 4.58. The van der Waals surface area contributed by atoms with Gasteiger partial charge in [0.1, 0.15) is 5.92 Å². The van der Waals surface area contributed by atoms with Crippen LogP contribution in [0.2, 0.25) is 0 Å². The molecule has 4 rings (SSSR count). The normalized spacial score (nSPS) is 15.4. The Balaban J connectivity index is 1.86. The molecule has 0 saturated carbocycles. The standard InChI is InChI=1S/C25H23IN2O3/c1-3-30-21-14-19-20(15-22(21)31-4-2)28-25(29)23(19)24(16-8-6-5-7-9-16)27-18-12-10-17(26)11-13-18/h5-15,23H,3-4H2,1-2H3,(H,28,29). The van der Waals surface area contributed by atoms with E-state index in [-0.39, 0.29) is 5.91 Å². The first-order valence-electron chi connectivity index (χ1n) is 10.2. The zero-order valence-corrected chi connectivity index (χ0v) is 19.5. The number of hydrogen-bond acceptors (Lipinski definition) is 4. The maximum absolute atomic E-state index is 13.2. The Hall–Kier alpha value is -2.87. The molecule has 0 spiro atoms. The number of amides is 1. The summed E-state index contributed by atoms with van der Waals surface area (Å²) in [6.07, 6.45) is 0. The number of benzene rings is 3. The third-order valence-electron chi connectivity index (χ3n) is 4.97. The van der Waals surface area contributed by atoms with Crippen molar-refractivity contribution >= 4 is 45.6 Å². The Bertz CT molecular complexity index is 1110. The van der Waals surface area contributed by atoms with Crippen molar-refractivity contribution in [2.45, 2.75) is 19.8 Å². The fraction of sp³-hybridized carbons (Fsp3) is 0.200. The van der Waals surface area contributed by atoms with Crippen molar-refractivity contribution in [3.8, 4) is 11.5 Å². The molecule has 31 heavy (non-hydrogen) atoms. The Morgan fingerprint density at radius 2 is 1.61 bits per heavy atom. The number of halogens is 1. The van der Waals surface area contributed by atoms with Crippen LogP contribution in [0.5, 0.6) is 11.5 Å². The van der Waals surface area contributed by atoms with Crippen molar-refractivity contribution < 1.29 is 14.3 Å². The molecule has 0 aliphatic carbocycles. The molecule has 0 saturated heterocycles. The number of carbonyl (C=O) groups excluding carboxylic acids is 1. The number of aliphatic imine (C=N–C) groups is 1. The number of fused-ring (bicyclic) bond motifs is 1. The van der Waals surface area contributed by atoms with Gasteiger partial charge < -0.3 is 14.8 Å². The quantitative estimate of drug-likeness (QED) is 0.306. The van der Waals surface area contributed by atoms with E-state index in [9.17, 15) is 4.79 Å². The molecule has 5 nitrogen and oxygen atoms in total. The molecular weight excluding hydrogens is 503 g/mol. The second kappa shape index (κ2) is 9.51. The maximum atomic E-state index is 13.2. The molecule has 1 atom stereocenters. The van der Waals surface area contributed by atoms with Gasteiger partial charge in [-0.15, -0.1) is 0 Å². The van der Waals surface area contributed by atoms with Crippen molar-refractivity contribution in [3.63, 3.8) is 0 Å². The van der Waals surface area contributed by atoms with Crippen molar-refractivity contribution in [1.29, 1.82) is 0 Å². The van der Waals surface area contributed by atoms with Crippen LogP contribution in [-0.4, -0.2) is 24.8 Å². The summed E-state index contributed by atoms with van der Waals surface area (Å²) in [5.41, 5.74) is 3.97.